The van der Waals surface area contributed by atoms with Crippen LogP contribution in [-0.4, -0.2) is 21.7 Å². The van der Waals surface area contributed by atoms with Gasteiger partial charge in [-0.15, -0.1) is 0 Å². The highest BCUT2D eigenvalue weighted by atomic mass is 16.5. The van der Waals surface area contributed by atoms with Crippen LogP contribution in [0.4, 0.5) is 5.69 Å². The molecule has 0 spiro atoms. The van der Waals surface area contributed by atoms with Crippen molar-refractivity contribution in [3.8, 4) is 11.6 Å². The van der Waals surface area contributed by atoms with Gasteiger partial charge in [0, 0.05) is 12.8 Å². The molecule has 0 aromatic carbocycles. The number of nitrogen functional groups attached to an aromatic ring is 1. The molecular formula is C12H16N4O2. The van der Waals surface area contributed by atoms with Crippen LogP contribution in [0.1, 0.15) is 26.6 Å². The molecule has 0 fully saturated rings. The maximum absolute atomic E-state index is 5.81. The Labute approximate surface area is 105 Å². The lowest BCUT2D eigenvalue weighted by atomic mass is 10.1. The fourth-order valence-corrected chi connectivity index (χ4v) is 1.59. The van der Waals surface area contributed by atoms with Crippen LogP contribution in [0.2, 0.25) is 0 Å². The number of ether oxygens (including phenoxy) is 1. The first-order valence-electron chi connectivity index (χ1n) is 5.73. The van der Waals surface area contributed by atoms with Gasteiger partial charge >= 0.3 is 0 Å². The number of rotatable bonds is 4. The van der Waals surface area contributed by atoms with Gasteiger partial charge in [0.1, 0.15) is 5.60 Å². The molecule has 2 aromatic rings. The lowest BCUT2D eigenvalue weighted by Gasteiger charge is -2.19. The number of nitrogens with two attached hydrogens (primary N) is 1. The van der Waals surface area contributed by atoms with Crippen molar-refractivity contribution in [2.24, 2.45) is 0 Å². The van der Waals surface area contributed by atoms with Crippen molar-refractivity contribution in [1.82, 2.24) is 15.1 Å². The van der Waals surface area contributed by atoms with Gasteiger partial charge in [-0.05, 0) is 32.9 Å². The Bertz CT molecular complexity index is 536. The minimum Gasteiger partial charge on any atom is -0.397 e. The van der Waals surface area contributed by atoms with Crippen molar-refractivity contribution in [3.63, 3.8) is 0 Å². The number of aromatic nitrogens is 3. The summed E-state index contributed by atoms with van der Waals surface area (Å²) in [5.41, 5.74) is 6.20. The number of anilines is 1. The van der Waals surface area contributed by atoms with Gasteiger partial charge in [0.25, 0.3) is 5.89 Å². The van der Waals surface area contributed by atoms with E-state index in [-0.39, 0.29) is 0 Å². The molecular weight excluding hydrogens is 232 g/mol. The van der Waals surface area contributed by atoms with E-state index in [2.05, 4.69) is 15.1 Å². The van der Waals surface area contributed by atoms with E-state index in [0.29, 0.717) is 29.7 Å². The lowest BCUT2D eigenvalue weighted by Crippen LogP contribution is -2.23. The van der Waals surface area contributed by atoms with E-state index in [1.165, 1.54) is 0 Å². The Morgan fingerprint density at radius 3 is 2.89 bits per heavy atom. The van der Waals surface area contributed by atoms with Gasteiger partial charge in [-0.25, -0.2) is 4.98 Å². The highest BCUT2D eigenvalue weighted by molar-refractivity contribution is 5.65. The summed E-state index contributed by atoms with van der Waals surface area (Å²) in [4.78, 5) is 8.41. The average molecular weight is 248 g/mol. The van der Waals surface area contributed by atoms with Crippen LogP contribution in [-0.2, 0) is 10.3 Å². The molecule has 2 rings (SSSR count). The predicted octanol–water partition coefficient (Wildman–Crippen LogP) is 1.99. The minimum atomic E-state index is -0.597. The summed E-state index contributed by atoms with van der Waals surface area (Å²) in [6, 6.07) is 3.49. The minimum absolute atomic E-state index is 0.302. The first-order chi connectivity index (χ1) is 8.54. The molecule has 2 heterocycles. The van der Waals surface area contributed by atoms with Gasteiger partial charge < -0.3 is 15.0 Å². The van der Waals surface area contributed by atoms with Crippen LogP contribution in [0.25, 0.3) is 11.6 Å². The molecule has 6 heteroatoms. The number of nitrogens with zero attached hydrogens (tertiary/aromatic N) is 3. The summed E-state index contributed by atoms with van der Waals surface area (Å²) in [7, 11) is 0. The topological polar surface area (TPSA) is 87.1 Å². The van der Waals surface area contributed by atoms with Gasteiger partial charge in [-0.2, -0.15) is 4.98 Å². The molecule has 96 valence electrons. The molecule has 0 aliphatic heterocycles. The number of pyridine rings is 1. The van der Waals surface area contributed by atoms with Crippen molar-refractivity contribution < 1.29 is 9.26 Å². The molecule has 2 N–H and O–H groups in total. The molecule has 0 aliphatic rings. The van der Waals surface area contributed by atoms with Gasteiger partial charge in [0.2, 0.25) is 5.82 Å². The summed E-state index contributed by atoms with van der Waals surface area (Å²) in [5, 5.41) is 3.92. The molecule has 0 radical (unpaired) electrons. The molecule has 0 saturated heterocycles. The predicted molar refractivity (Wildman–Crippen MR) is 66.6 cm³/mol. The quantitative estimate of drug-likeness (QED) is 0.890. The third-order valence-electron chi connectivity index (χ3n) is 2.51. The SMILES string of the molecule is CCOC(C)(C)c1noc(-c2ncccc2N)n1. The molecule has 0 atom stereocenters. The van der Waals surface area contributed by atoms with Crippen molar-refractivity contribution in [3.05, 3.63) is 24.2 Å². The van der Waals surface area contributed by atoms with Gasteiger partial charge in [-0.3, -0.25) is 0 Å². The van der Waals surface area contributed by atoms with Crippen molar-refractivity contribution in [2.75, 3.05) is 12.3 Å². The molecule has 0 bridgehead atoms. The molecule has 2 aromatic heterocycles. The van der Waals surface area contributed by atoms with E-state index in [0.717, 1.165) is 0 Å². The lowest BCUT2D eigenvalue weighted by molar-refractivity contribution is -0.0221. The Morgan fingerprint density at radius 1 is 1.44 bits per heavy atom. The van der Waals surface area contributed by atoms with E-state index in [1.54, 1.807) is 18.3 Å². The standard InChI is InChI=1S/C12H16N4O2/c1-4-17-12(2,3)11-15-10(18-16-11)9-8(13)6-5-7-14-9/h5-7H,4,13H2,1-3H3. The second-order valence-electron chi connectivity index (χ2n) is 4.31. The monoisotopic (exact) mass is 248 g/mol. The Kier molecular flexibility index (Phi) is 3.29. The largest absolute Gasteiger partial charge is 0.397 e. The summed E-state index contributed by atoms with van der Waals surface area (Å²) < 4.78 is 10.7. The average Bonchev–Trinajstić information content (AvgIpc) is 2.79. The van der Waals surface area contributed by atoms with Crippen molar-refractivity contribution in [2.45, 2.75) is 26.4 Å². The van der Waals surface area contributed by atoms with E-state index in [9.17, 15) is 0 Å². The number of hydrogen-bond donors (Lipinski definition) is 1. The zero-order chi connectivity index (χ0) is 13.2. The third-order valence-corrected chi connectivity index (χ3v) is 2.51. The highest BCUT2D eigenvalue weighted by Crippen LogP contribution is 2.26. The normalized spacial score (nSPS) is 11.7. The van der Waals surface area contributed by atoms with E-state index >= 15 is 0 Å². The Hall–Kier alpha value is -1.95. The summed E-state index contributed by atoms with van der Waals surface area (Å²) in [5.74, 6) is 0.778. The summed E-state index contributed by atoms with van der Waals surface area (Å²) in [6.45, 7) is 6.25. The maximum atomic E-state index is 5.81. The van der Waals surface area contributed by atoms with E-state index in [4.69, 9.17) is 15.0 Å². The van der Waals surface area contributed by atoms with E-state index in [1.807, 2.05) is 20.8 Å². The molecule has 6 nitrogen and oxygen atoms in total. The fourth-order valence-electron chi connectivity index (χ4n) is 1.59. The second-order valence-corrected chi connectivity index (χ2v) is 4.31. The van der Waals surface area contributed by atoms with Crippen molar-refractivity contribution >= 4 is 5.69 Å². The van der Waals surface area contributed by atoms with Crippen LogP contribution in [0.3, 0.4) is 0 Å². The molecule has 0 unspecified atom stereocenters. The third kappa shape index (κ3) is 2.33. The van der Waals surface area contributed by atoms with Gasteiger partial charge in [-0.1, -0.05) is 5.16 Å². The van der Waals surface area contributed by atoms with Gasteiger partial charge in [0.05, 0.1) is 5.69 Å². The highest BCUT2D eigenvalue weighted by Gasteiger charge is 2.28. The molecule has 18 heavy (non-hydrogen) atoms. The smallest absolute Gasteiger partial charge is 0.278 e. The van der Waals surface area contributed by atoms with Crippen LogP contribution in [0, 0.1) is 0 Å². The molecule has 0 amide bonds. The number of hydrogen-bond acceptors (Lipinski definition) is 6. The zero-order valence-electron chi connectivity index (χ0n) is 10.7. The van der Waals surface area contributed by atoms with Crippen LogP contribution < -0.4 is 5.73 Å². The summed E-state index contributed by atoms with van der Waals surface area (Å²) in [6.07, 6.45) is 1.63. The van der Waals surface area contributed by atoms with Crippen LogP contribution >= 0.6 is 0 Å². The van der Waals surface area contributed by atoms with E-state index < -0.39 is 5.60 Å². The first kappa shape index (κ1) is 12.5. The van der Waals surface area contributed by atoms with Crippen LogP contribution in [0.15, 0.2) is 22.9 Å². The van der Waals surface area contributed by atoms with Crippen molar-refractivity contribution in [1.29, 1.82) is 0 Å². The Morgan fingerprint density at radius 2 is 2.22 bits per heavy atom. The maximum Gasteiger partial charge on any atom is 0.278 e. The second kappa shape index (κ2) is 4.73. The van der Waals surface area contributed by atoms with Gasteiger partial charge in [0.15, 0.2) is 5.69 Å². The Balaban J connectivity index is 2.34. The molecule has 0 aliphatic carbocycles. The van der Waals surface area contributed by atoms with Crippen LogP contribution in [0.5, 0.6) is 0 Å². The fraction of sp³-hybridized carbons (Fsp3) is 0.417. The first-order valence-corrected chi connectivity index (χ1v) is 5.73. The zero-order valence-corrected chi connectivity index (χ0v) is 10.7. The molecule has 0 saturated carbocycles. The summed E-state index contributed by atoms with van der Waals surface area (Å²) >= 11 is 0.